The molecule has 0 bridgehead atoms. The van der Waals surface area contributed by atoms with Gasteiger partial charge >= 0.3 is 5.69 Å². The molecule has 3 aromatic rings. The van der Waals surface area contributed by atoms with Crippen molar-refractivity contribution in [3.05, 3.63) is 56.7 Å². The quantitative estimate of drug-likeness (QED) is 0.406. The number of aromatic amines is 1. The molecule has 3 rings (SSSR count). The number of H-pyrrole nitrogens is 1. The Morgan fingerprint density at radius 1 is 1.23 bits per heavy atom. The van der Waals surface area contributed by atoms with Gasteiger partial charge in [0.2, 0.25) is 11.0 Å². The predicted octanol–water partition coefficient (Wildman–Crippen LogP) is 1.53. The van der Waals surface area contributed by atoms with Gasteiger partial charge in [0.05, 0.1) is 12.3 Å². The molecule has 0 fully saturated rings. The number of carbonyl (C=O) groups is 1. The number of thioether (sulfide) groups is 1. The Kier molecular flexibility index (Phi) is 7.47. The maximum Gasteiger partial charge on any atom is 0.330 e. The molecule has 0 aliphatic carbocycles. The maximum atomic E-state index is 13.0. The van der Waals surface area contributed by atoms with Crippen LogP contribution in [-0.4, -0.2) is 38.0 Å². The lowest BCUT2D eigenvalue weighted by Crippen LogP contribution is -2.42. The molecule has 1 amide bonds. The van der Waals surface area contributed by atoms with Gasteiger partial charge < -0.3 is 16.4 Å². The second-order valence-corrected chi connectivity index (χ2v) is 8.89. The van der Waals surface area contributed by atoms with Crippen LogP contribution in [0, 0.1) is 0 Å². The van der Waals surface area contributed by atoms with Crippen molar-refractivity contribution >= 4 is 45.6 Å². The largest absolute Gasteiger partial charge is 0.383 e. The number of rotatable bonds is 9. The van der Waals surface area contributed by atoms with Crippen LogP contribution in [0.25, 0.3) is 0 Å². The summed E-state index contributed by atoms with van der Waals surface area (Å²) in [5, 5.41) is 7.92. The van der Waals surface area contributed by atoms with Gasteiger partial charge in [-0.2, -0.15) is 0 Å². The number of nitrogens with two attached hydrogens (primary N) is 2. The van der Waals surface area contributed by atoms with Crippen molar-refractivity contribution in [2.45, 2.75) is 30.6 Å². The van der Waals surface area contributed by atoms with Crippen molar-refractivity contribution in [3.8, 4) is 0 Å². The Bertz CT molecular complexity index is 1160. The summed E-state index contributed by atoms with van der Waals surface area (Å²) in [6.07, 6.45) is 1.48. The molecular formula is C19H23N7O3S2. The van der Waals surface area contributed by atoms with E-state index in [0.29, 0.717) is 22.4 Å². The average Bonchev–Trinajstić information content (AvgIpc) is 3.17. The molecule has 0 saturated heterocycles. The Hall–Kier alpha value is -3.12. The Morgan fingerprint density at radius 3 is 2.61 bits per heavy atom. The normalized spacial score (nSPS) is 10.9. The number of unbranched alkanes of at least 4 members (excludes halogenated alkanes) is 1. The summed E-state index contributed by atoms with van der Waals surface area (Å²) < 4.78 is 1.81. The van der Waals surface area contributed by atoms with E-state index in [4.69, 9.17) is 11.5 Å². The number of hydrogen-bond donors (Lipinski definition) is 3. The average molecular weight is 462 g/mol. The molecule has 0 spiro atoms. The zero-order valence-electron chi connectivity index (χ0n) is 16.9. The van der Waals surface area contributed by atoms with Crippen LogP contribution in [0.1, 0.15) is 25.3 Å². The van der Waals surface area contributed by atoms with Crippen molar-refractivity contribution < 1.29 is 4.79 Å². The molecule has 2 heterocycles. The van der Waals surface area contributed by atoms with Crippen molar-refractivity contribution in [2.24, 2.45) is 0 Å². The number of hydrogen-bond acceptors (Lipinski definition) is 9. The van der Waals surface area contributed by atoms with Gasteiger partial charge in [-0.25, -0.2) is 4.79 Å². The molecule has 0 unspecified atom stereocenters. The van der Waals surface area contributed by atoms with Crippen LogP contribution in [0.2, 0.25) is 0 Å². The van der Waals surface area contributed by atoms with Crippen molar-refractivity contribution in [1.82, 2.24) is 19.7 Å². The first-order valence-corrected chi connectivity index (χ1v) is 11.4. The summed E-state index contributed by atoms with van der Waals surface area (Å²) in [6, 6.07) is 9.25. The summed E-state index contributed by atoms with van der Waals surface area (Å²) >= 11 is 2.36. The van der Waals surface area contributed by atoms with E-state index < -0.39 is 11.2 Å². The van der Waals surface area contributed by atoms with Crippen LogP contribution >= 0.6 is 23.1 Å². The first-order valence-electron chi connectivity index (χ1n) is 9.59. The summed E-state index contributed by atoms with van der Waals surface area (Å²) in [7, 11) is 0. The fourth-order valence-electron chi connectivity index (χ4n) is 2.92. The highest BCUT2D eigenvalue weighted by molar-refractivity contribution is 8.01. The van der Waals surface area contributed by atoms with Crippen LogP contribution in [0.4, 0.5) is 16.6 Å². The molecule has 31 heavy (non-hydrogen) atoms. The smallest absolute Gasteiger partial charge is 0.330 e. The Morgan fingerprint density at radius 2 is 1.97 bits per heavy atom. The van der Waals surface area contributed by atoms with Gasteiger partial charge in [0.1, 0.15) is 5.82 Å². The zero-order chi connectivity index (χ0) is 22.4. The standard InChI is InChI=1S/C19H23N7O3S2/c1-2-3-9-25(13(27)11-30-19-24-23-17(21)31-19)14-15(20)26(18(29)22-16(14)28)10-12-7-5-4-6-8-12/h4-8H,2-3,9-11,20H2,1H3,(H2,21,23)(H,22,28,29). The molecule has 10 nitrogen and oxygen atoms in total. The highest BCUT2D eigenvalue weighted by atomic mass is 32.2. The molecule has 0 aliphatic rings. The monoisotopic (exact) mass is 461 g/mol. The SMILES string of the molecule is CCCCN(C(=O)CSc1nnc(N)s1)c1c(N)n(Cc2ccccc2)c(=O)[nH]c1=O. The molecule has 164 valence electrons. The van der Waals surface area contributed by atoms with E-state index in [9.17, 15) is 14.4 Å². The van der Waals surface area contributed by atoms with Crippen molar-refractivity contribution in [1.29, 1.82) is 0 Å². The van der Waals surface area contributed by atoms with Crippen LogP contribution < -0.4 is 27.6 Å². The van der Waals surface area contributed by atoms with E-state index >= 15 is 0 Å². The molecule has 0 aliphatic heterocycles. The molecule has 1 aromatic carbocycles. The molecule has 0 saturated carbocycles. The topological polar surface area (TPSA) is 153 Å². The summed E-state index contributed by atoms with van der Waals surface area (Å²) in [4.78, 5) is 41.8. The second kappa shape index (κ2) is 10.3. The highest BCUT2D eigenvalue weighted by Gasteiger charge is 2.24. The van der Waals surface area contributed by atoms with Gasteiger partial charge in [-0.1, -0.05) is 66.8 Å². The van der Waals surface area contributed by atoms with Crippen molar-refractivity contribution in [3.63, 3.8) is 0 Å². The first kappa shape index (κ1) is 22.6. The fraction of sp³-hybridized carbons (Fsp3) is 0.316. The molecule has 2 aromatic heterocycles. The van der Waals surface area contributed by atoms with E-state index in [1.165, 1.54) is 32.6 Å². The Labute approximate surface area is 186 Å². The second-order valence-electron chi connectivity index (χ2n) is 6.66. The van der Waals surface area contributed by atoms with Gasteiger partial charge in [0.15, 0.2) is 10.0 Å². The van der Waals surface area contributed by atoms with Crippen LogP contribution in [0.15, 0.2) is 44.3 Å². The van der Waals surface area contributed by atoms with Gasteiger partial charge in [-0.05, 0) is 12.0 Å². The molecule has 12 heteroatoms. The number of amides is 1. The summed E-state index contributed by atoms with van der Waals surface area (Å²) in [6.45, 7) is 2.44. The highest BCUT2D eigenvalue weighted by Crippen LogP contribution is 2.25. The van der Waals surface area contributed by atoms with E-state index in [1.54, 1.807) is 0 Å². The molecule has 0 radical (unpaired) electrons. The number of carbonyl (C=O) groups excluding carboxylic acids is 1. The third-order valence-electron chi connectivity index (χ3n) is 4.45. The van der Waals surface area contributed by atoms with Gasteiger partial charge in [-0.15, -0.1) is 10.2 Å². The van der Waals surface area contributed by atoms with E-state index in [1.807, 2.05) is 37.3 Å². The third kappa shape index (κ3) is 5.52. The number of nitrogen functional groups attached to an aromatic ring is 2. The maximum absolute atomic E-state index is 13.0. The minimum atomic E-state index is -0.693. The van der Waals surface area contributed by atoms with Crippen LogP contribution in [0.3, 0.4) is 0 Å². The van der Waals surface area contributed by atoms with E-state index in [-0.39, 0.29) is 29.7 Å². The van der Waals surface area contributed by atoms with Gasteiger partial charge in [-0.3, -0.25) is 19.1 Å². The van der Waals surface area contributed by atoms with Crippen LogP contribution in [0.5, 0.6) is 0 Å². The molecular weight excluding hydrogens is 438 g/mol. The lowest BCUT2D eigenvalue weighted by atomic mass is 10.2. The minimum Gasteiger partial charge on any atom is -0.383 e. The molecule has 5 N–H and O–H groups in total. The van der Waals surface area contributed by atoms with Gasteiger partial charge in [0, 0.05) is 6.54 Å². The third-order valence-corrected chi connectivity index (χ3v) is 6.32. The lowest BCUT2D eigenvalue weighted by Gasteiger charge is -2.24. The van der Waals surface area contributed by atoms with Crippen LogP contribution in [-0.2, 0) is 11.3 Å². The predicted molar refractivity (Wildman–Crippen MR) is 124 cm³/mol. The van der Waals surface area contributed by atoms with Gasteiger partial charge in [0.25, 0.3) is 5.56 Å². The van der Waals surface area contributed by atoms with E-state index in [2.05, 4.69) is 15.2 Å². The fourth-order valence-corrected chi connectivity index (χ4v) is 4.43. The number of aromatic nitrogens is 4. The summed E-state index contributed by atoms with van der Waals surface area (Å²) in [5.74, 6) is -0.351. The molecule has 0 atom stereocenters. The number of benzene rings is 1. The Balaban J connectivity index is 1.94. The minimum absolute atomic E-state index is 0.0219. The summed E-state index contributed by atoms with van der Waals surface area (Å²) in [5.41, 5.74) is 11.3. The first-order chi connectivity index (χ1) is 14.9. The number of nitrogens with one attached hydrogen (secondary N) is 1. The zero-order valence-corrected chi connectivity index (χ0v) is 18.5. The number of nitrogens with zero attached hydrogens (tertiary/aromatic N) is 4. The number of anilines is 3. The lowest BCUT2D eigenvalue weighted by molar-refractivity contribution is -0.116. The van der Waals surface area contributed by atoms with Crippen molar-refractivity contribution in [2.75, 3.05) is 28.7 Å². The van der Waals surface area contributed by atoms with E-state index in [0.717, 1.165) is 12.0 Å².